The monoisotopic (exact) mass is 258 g/mol. The highest BCUT2D eigenvalue weighted by Gasteiger charge is 2.28. The van der Waals surface area contributed by atoms with Crippen LogP contribution in [0.25, 0.3) is 0 Å². The van der Waals surface area contributed by atoms with Crippen LogP contribution in [0.3, 0.4) is 0 Å². The Morgan fingerprint density at radius 2 is 2.00 bits per heavy atom. The standard InChI is InChI=1S/C9H13Cl3O2/c1-3-4-5-14-7(2)6-8(13)9(10,11)12/h6H,3-5H2,1-2H3/b7-6+. The maximum Gasteiger partial charge on any atom is 0.252 e. The molecule has 0 amide bonds. The van der Waals surface area contributed by atoms with Gasteiger partial charge in [-0.3, -0.25) is 4.79 Å². The lowest BCUT2D eigenvalue weighted by Gasteiger charge is -2.08. The van der Waals surface area contributed by atoms with E-state index >= 15 is 0 Å². The second-order valence-electron chi connectivity index (χ2n) is 2.82. The van der Waals surface area contributed by atoms with Crippen molar-refractivity contribution in [3.63, 3.8) is 0 Å². The van der Waals surface area contributed by atoms with Gasteiger partial charge in [0, 0.05) is 6.08 Å². The molecule has 0 bridgehead atoms. The number of unbranched alkanes of at least 4 members (excludes halogenated alkanes) is 1. The summed E-state index contributed by atoms with van der Waals surface area (Å²) < 4.78 is 3.32. The van der Waals surface area contributed by atoms with E-state index in [0.29, 0.717) is 12.4 Å². The van der Waals surface area contributed by atoms with Crippen LogP contribution in [0, 0.1) is 0 Å². The van der Waals surface area contributed by atoms with Crippen molar-refractivity contribution >= 4 is 40.6 Å². The highest BCUT2D eigenvalue weighted by Crippen LogP contribution is 2.27. The summed E-state index contributed by atoms with van der Waals surface area (Å²) in [7, 11) is 0. The van der Waals surface area contributed by atoms with E-state index in [-0.39, 0.29) is 0 Å². The second kappa shape index (κ2) is 6.54. The summed E-state index contributed by atoms with van der Waals surface area (Å²) in [5.74, 6) is -0.119. The minimum Gasteiger partial charge on any atom is -0.498 e. The fourth-order valence-electron chi connectivity index (χ4n) is 0.686. The van der Waals surface area contributed by atoms with Gasteiger partial charge in [-0.05, 0) is 13.3 Å². The Kier molecular flexibility index (Phi) is 6.58. The van der Waals surface area contributed by atoms with Gasteiger partial charge < -0.3 is 4.74 Å². The SMILES string of the molecule is CCCCO/C(C)=C/C(=O)C(Cl)(Cl)Cl. The Morgan fingerprint density at radius 1 is 1.43 bits per heavy atom. The number of alkyl halides is 3. The van der Waals surface area contributed by atoms with Gasteiger partial charge in [0.25, 0.3) is 3.79 Å². The van der Waals surface area contributed by atoms with Gasteiger partial charge in [0.1, 0.15) is 0 Å². The third-order valence-corrected chi connectivity index (χ3v) is 2.00. The summed E-state index contributed by atoms with van der Waals surface area (Å²) in [4.78, 5) is 11.2. The largest absolute Gasteiger partial charge is 0.498 e. The molecule has 0 atom stereocenters. The van der Waals surface area contributed by atoms with Crippen LogP contribution in [0.1, 0.15) is 26.7 Å². The molecule has 14 heavy (non-hydrogen) atoms. The summed E-state index contributed by atoms with van der Waals surface area (Å²) in [6.07, 6.45) is 3.17. The molecule has 0 heterocycles. The first-order chi connectivity index (χ1) is 6.38. The van der Waals surface area contributed by atoms with Gasteiger partial charge in [-0.25, -0.2) is 0 Å². The van der Waals surface area contributed by atoms with Gasteiger partial charge in [-0.2, -0.15) is 0 Å². The lowest BCUT2D eigenvalue weighted by molar-refractivity contribution is -0.114. The predicted molar refractivity (Wildman–Crippen MR) is 59.9 cm³/mol. The van der Waals surface area contributed by atoms with Crippen molar-refractivity contribution in [2.24, 2.45) is 0 Å². The number of ether oxygens (including phenoxy) is 1. The Bertz CT molecular complexity index is 219. The van der Waals surface area contributed by atoms with Gasteiger partial charge >= 0.3 is 0 Å². The normalized spacial score (nSPS) is 12.8. The fraction of sp³-hybridized carbons (Fsp3) is 0.667. The number of carbonyl (C=O) groups excluding carboxylic acids is 1. The van der Waals surface area contributed by atoms with Crippen LogP contribution in [0.4, 0.5) is 0 Å². The van der Waals surface area contributed by atoms with E-state index in [1.165, 1.54) is 6.08 Å². The van der Waals surface area contributed by atoms with Crippen molar-refractivity contribution in [3.05, 3.63) is 11.8 Å². The molecular formula is C9H13Cl3O2. The number of hydrogen-bond donors (Lipinski definition) is 0. The lowest BCUT2D eigenvalue weighted by Crippen LogP contribution is -2.16. The van der Waals surface area contributed by atoms with Gasteiger partial charge in [0.05, 0.1) is 12.4 Å². The molecule has 0 aliphatic carbocycles. The number of carbonyl (C=O) groups is 1. The number of hydrogen-bond acceptors (Lipinski definition) is 2. The van der Waals surface area contributed by atoms with Gasteiger partial charge in [-0.1, -0.05) is 48.1 Å². The third kappa shape index (κ3) is 6.52. The molecule has 0 aromatic rings. The Balaban J connectivity index is 4.04. The molecule has 0 saturated carbocycles. The molecule has 5 heteroatoms. The molecule has 0 saturated heterocycles. The van der Waals surface area contributed by atoms with E-state index in [1.54, 1.807) is 6.92 Å². The maximum atomic E-state index is 11.2. The van der Waals surface area contributed by atoms with Crippen LogP contribution in [0.15, 0.2) is 11.8 Å². The van der Waals surface area contributed by atoms with Crippen molar-refractivity contribution in [2.75, 3.05) is 6.61 Å². The molecule has 82 valence electrons. The summed E-state index contributed by atoms with van der Waals surface area (Å²) in [5, 5.41) is 0. The number of halogens is 3. The predicted octanol–water partition coefficient (Wildman–Crippen LogP) is 3.65. The topological polar surface area (TPSA) is 26.3 Å². The Morgan fingerprint density at radius 3 is 2.43 bits per heavy atom. The van der Waals surface area contributed by atoms with Crippen LogP contribution in [0.2, 0.25) is 0 Å². The fourth-order valence-corrected chi connectivity index (χ4v) is 0.849. The van der Waals surface area contributed by atoms with E-state index in [4.69, 9.17) is 39.5 Å². The first-order valence-corrected chi connectivity index (χ1v) is 5.43. The summed E-state index contributed by atoms with van der Waals surface area (Å²) in [6.45, 7) is 4.28. The minimum atomic E-state index is -1.89. The first-order valence-electron chi connectivity index (χ1n) is 4.30. The molecule has 0 aliphatic rings. The van der Waals surface area contributed by atoms with Crippen LogP contribution >= 0.6 is 34.8 Å². The van der Waals surface area contributed by atoms with E-state index in [0.717, 1.165) is 12.8 Å². The highest BCUT2D eigenvalue weighted by atomic mass is 35.6. The lowest BCUT2D eigenvalue weighted by atomic mass is 10.3. The maximum absolute atomic E-state index is 11.2. The molecular weight excluding hydrogens is 246 g/mol. The van der Waals surface area contributed by atoms with Gasteiger partial charge in [-0.15, -0.1) is 0 Å². The van der Waals surface area contributed by atoms with Gasteiger partial charge in [0.15, 0.2) is 0 Å². The average Bonchev–Trinajstić information content (AvgIpc) is 2.03. The zero-order valence-electron chi connectivity index (χ0n) is 8.15. The highest BCUT2D eigenvalue weighted by molar-refractivity contribution is 6.77. The zero-order valence-corrected chi connectivity index (χ0v) is 10.4. The molecule has 0 aliphatic heterocycles. The number of ketones is 1. The average molecular weight is 260 g/mol. The van der Waals surface area contributed by atoms with E-state index in [2.05, 4.69) is 6.92 Å². The van der Waals surface area contributed by atoms with Crippen molar-refractivity contribution in [2.45, 2.75) is 30.5 Å². The molecule has 0 rings (SSSR count). The van der Waals surface area contributed by atoms with Gasteiger partial charge in [0.2, 0.25) is 5.78 Å². The molecule has 0 fully saturated rings. The van der Waals surface area contributed by atoms with Crippen LogP contribution in [-0.2, 0) is 9.53 Å². The Hall–Kier alpha value is 0.0800. The van der Waals surface area contributed by atoms with Crippen molar-refractivity contribution in [3.8, 4) is 0 Å². The molecule has 0 spiro atoms. The zero-order chi connectivity index (χ0) is 11.2. The summed E-state index contributed by atoms with van der Waals surface area (Å²) in [6, 6.07) is 0. The van der Waals surface area contributed by atoms with Crippen LogP contribution < -0.4 is 0 Å². The Labute approximate surface area is 99.2 Å². The molecule has 0 radical (unpaired) electrons. The number of allylic oxidation sites excluding steroid dienone is 2. The second-order valence-corrected chi connectivity index (χ2v) is 5.10. The third-order valence-electron chi connectivity index (χ3n) is 1.44. The van der Waals surface area contributed by atoms with E-state index < -0.39 is 9.58 Å². The van der Waals surface area contributed by atoms with E-state index in [1.807, 2.05) is 0 Å². The summed E-state index contributed by atoms with van der Waals surface area (Å²) in [5.41, 5.74) is 0. The molecule has 0 aromatic carbocycles. The van der Waals surface area contributed by atoms with Crippen molar-refractivity contribution < 1.29 is 9.53 Å². The smallest absolute Gasteiger partial charge is 0.252 e. The van der Waals surface area contributed by atoms with Crippen molar-refractivity contribution in [1.82, 2.24) is 0 Å². The quantitative estimate of drug-likeness (QED) is 0.326. The molecule has 0 unspecified atom stereocenters. The molecule has 0 aromatic heterocycles. The van der Waals surface area contributed by atoms with Crippen LogP contribution in [-0.4, -0.2) is 16.2 Å². The first kappa shape index (κ1) is 14.1. The molecule has 2 nitrogen and oxygen atoms in total. The van der Waals surface area contributed by atoms with Crippen LogP contribution in [0.5, 0.6) is 0 Å². The van der Waals surface area contributed by atoms with Crippen molar-refractivity contribution in [1.29, 1.82) is 0 Å². The molecule has 0 N–H and O–H groups in total. The van der Waals surface area contributed by atoms with E-state index in [9.17, 15) is 4.79 Å². The summed E-state index contributed by atoms with van der Waals surface area (Å²) >= 11 is 16.1. The number of rotatable bonds is 5. The minimum absolute atomic E-state index is 0.467.